The molecule has 0 spiro atoms. The molecule has 0 aliphatic heterocycles. The smallest absolute Gasteiger partial charge is 0.256 e. The third-order valence-electron chi connectivity index (χ3n) is 7.48. The molecule has 0 aliphatic rings. The predicted octanol–water partition coefficient (Wildman–Crippen LogP) is 8.62. The van der Waals surface area contributed by atoms with Gasteiger partial charge < -0.3 is 10.6 Å². The number of pyridine rings is 2. The fourth-order valence-electron chi connectivity index (χ4n) is 5.32. The predicted molar refractivity (Wildman–Crippen MR) is 177 cm³/mol. The van der Waals surface area contributed by atoms with E-state index in [0.29, 0.717) is 33.9 Å². The number of hydrogen-bond donors (Lipinski definition) is 2. The molecule has 2 amide bonds. The highest BCUT2D eigenvalue weighted by molar-refractivity contribution is 6.17. The van der Waals surface area contributed by atoms with E-state index in [1.807, 2.05) is 133 Å². The molecular formula is C38H26N4O2. The van der Waals surface area contributed by atoms with Crippen LogP contribution in [0.3, 0.4) is 0 Å². The van der Waals surface area contributed by atoms with Crippen molar-refractivity contribution < 1.29 is 9.59 Å². The monoisotopic (exact) mass is 570 g/mol. The second kappa shape index (κ2) is 11.6. The van der Waals surface area contributed by atoms with E-state index >= 15 is 0 Å². The van der Waals surface area contributed by atoms with Gasteiger partial charge in [-0.15, -0.1) is 0 Å². The molecule has 7 rings (SSSR count). The minimum Gasteiger partial charge on any atom is -0.320 e. The summed E-state index contributed by atoms with van der Waals surface area (Å²) in [6.45, 7) is 0. The Labute approximate surface area is 254 Å². The van der Waals surface area contributed by atoms with Crippen molar-refractivity contribution in [2.45, 2.75) is 0 Å². The molecule has 2 N–H and O–H groups in total. The number of anilines is 2. The summed E-state index contributed by atoms with van der Waals surface area (Å²) in [5, 5.41) is 7.55. The van der Waals surface area contributed by atoms with Crippen LogP contribution < -0.4 is 10.6 Å². The van der Waals surface area contributed by atoms with Crippen LogP contribution in [-0.2, 0) is 0 Å². The first-order valence-electron chi connectivity index (χ1n) is 14.3. The zero-order chi connectivity index (χ0) is 29.9. The quantitative estimate of drug-likeness (QED) is 0.210. The van der Waals surface area contributed by atoms with Gasteiger partial charge in [-0.1, -0.05) is 109 Å². The largest absolute Gasteiger partial charge is 0.320 e. The molecule has 7 aromatic rings. The summed E-state index contributed by atoms with van der Waals surface area (Å²) in [7, 11) is 0. The molecule has 0 unspecified atom stereocenters. The van der Waals surface area contributed by atoms with Crippen molar-refractivity contribution in [2.75, 3.05) is 10.6 Å². The number of amides is 2. The van der Waals surface area contributed by atoms with Crippen LogP contribution in [0.5, 0.6) is 0 Å². The van der Waals surface area contributed by atoms with E-state index in [0.717, 1.165) is 32.9 Å². The Bertz CT molecular complexity index is 2010. The minimum absolute atomic E-state index is 0.303. The number of carbonyl (C=O) groups excluding carboxylic acids is 2. The molecule has 0 saturated carbocycles. The zero-order valence-corrected chi connectivity index (χ0v) is 23.6. The highest BCUT2D eigenvalue weighted by Gasteiger charge is 2.18. The topological polar surface area (TPSA) is 84.0 Å². The van der Waals surface area contributed by atoms with Crippen LogP contribution >= 0.6 is 0 Å². The number of para-hydroxylation sites is 4. The van der Waals surface area contributed by atoms with Gasteiger partial charge in [0.2, 0.25) is 0 Å². The summed E-state index contributed by atoms with van der Waals surface area (Å²) >= 11 is 0. The van der Waals surface area contributed by atoms with Crippen LogP contribution in [0.25, 0.3) is 44.3 Å². The third kappa shape index (κ3) is 5.28. The molecular weight excluding hydrogens is 544 g/mol. The lowest BCUT2D eigenvalue weighted by Crippen LogP contribution is -2.17. The normalized spacial score (nSPS) is 10.9. The molecule has 2 aromatic heterocycles. The molecule has 2 heterocycles. The van der Waals surface area contributed by atoms with Crippen molar-refractivity contribution in [2.24, 2.45) is 0 Å². The fraction of sp³-hybridized carbons (Fsp3) is 0. The average Bonchev–Trinajstić information content (AvgIpc) is 3.08. The van der Waals surface area contributed by atoms with Gasteiger partial charge in [-0.2, -0.15) is 0 Å². The Hall–Kier alpha value is -6.14. The Morgan fingerprint density at radius 1 is 0.432 bits per heavy atom. The number of carbonyl (C=O) groups is 2. The summed E-state index contributed by atoms with van der Waals surface area (Å²) in [6, 6.07) is 45.5. The van der Waals surface area contributed by atoms with E-state index in [1.54, 1.807) is 12.1 Å². The van der Waals surface area contributed by atoms with E-state index in [1.165, 1.54) is 0 Å². The molecule has 44 heavy (non-hydrogen) atoms. The molecule has 0 atom stereocenters. The SMILES string of the molecule is O=C(Nc1ccccc1NC(=O)c1cc(-c2ccccc2)nc2ccccc12)c1cc(-c2ccccc2)nc2ccccc12. The molecule has 210 valence electrons. The van der Waals surface area contributed by atoms with E-state index in [-0.39, 0.29) is 11.8 Å². The maximum atomic E-state index is 13.8. The summed E-state index contributed by atoms with van der Waals surface area (Å²) in [6.07, 6.45) is 0. The van der Waals surface area contributed by atoms with Crippen LogP contribution in [0.1, 0.15) is 20.7 Å². The van der Waals surface area contributed by atoms with Crippen LogP contribution in [0.4, 0.5) is 11.4 Å². The first kappa shape index (κ1) is 26.7. The zero-order valence-electron chi connectivity index (χ0n) is 23.6. The molecule has 5 aromatic carbocycles. The lowest BCUT2D eigenvalue weighted by molar-refractivity contribution is 0.101. The highest BCUT2D eigenvalue weighted by Crippen LogP contribution is 2.29. The number of nitrogens with one attached hydrogen (secondary N) is 2. The van der Waals surface area contributed by atoms with Gasteiger partial charge in [-0.05, 0) is 36.4 Å². The van der Waals surface area contributed by atoms with Gasteiger partial charge in [-0.3, -0.25) is 9.59 Å². The maximum Gasteiger partial charge on any atom is 0.256 e. The number of benzene rings is 5. The van der Waals surface area contributed by atoms with Crippen LogP contribution in [0, 0.1) is 0 Å². The van der Waals surface area contributed by atoms with E-state index in [2.05, 4.69) is 10.6 Å². The van der Waals surface area contributed by atoms with Gasteiger partial charge in [0.25, 0.3) is 11.8 Å². The van der Waals surface area contributed by atoms with Crippen molar-refractivity contribution in [3.8, 4) is 22.5 Å². The maximum absolute atomic E-state index is 13.8. The highest BCUT2D eigenvalue weighted by atomic mass is 16.2. The molecule has 0 aliphatic carbocycles. The van der Waals surface area contributed by atoms with Crippen molar-refractivity contribution in [1.29, 1.82) is 0 Å². The first-order valence-corrected chi connectivity index (χ1v) is 14.3. The Balaban J connectivity index is 1.23. The molecule has 0 fully saturated rings. The van der Waals surface area contributed by atoms with E-state index < -0.39 is 0 Å². The summed E-state index contributed by atoms with van der Waals surface area (Å²) in [5.41, 5.74) is 6.62. The number of nitrogens with zero attached hydrogens (tertiary/aromatic N) is 2. The van der Waals surface area contributed by atoms with Crippen LogP contribution in [-0.4, -0.2) is 21.8 Å². The van der Waals surface area contributed by atoms with Crippen molar-refractivity contribution in [1.82, 2.24) is 9.97 Å². The third-order valence-corrected chi connectivity index (χ3v) is 7.48. The van der Waals surface area contributed by atoms with E-state index in [9.17, 15) is 9.59 Å². The lowest BCUT2D eigenvalue weighted by atomic mass is 10.0. The minimum atomic E-state index is -0.303. The first-order chi connectivity index (χ1) is 21.6. The van der Waals surface area contributed by atoms with Gasteiger partial charge in [0.1, 0.15) is 0 Å². The number of fused-ring (bicyclic) bond motifs is 2. The molecule has 6 nitrogen and oxygen atoms in total. The van der Waals surface area contributed by atoms with Crippen LogP contribution in [0.2, 0.25) is 0 Å². The summed E-state index contributed by atoms with van der Waals surface area (Å²) in [5.74, 6) is -0.605. The molecule has 0 bridgehead atoms. The number of rotatable bonds is 6. The fourth-order valence-corrected chi connectivity index (χ4v) is 5.32. The van der Waals surface area contributed by atoms with Crippen molar-refractivity contribution in [3.63, 3.8) is 0 Å². The van der Waals surface area contributed by atoms with Gasteiger partial charge in [-0.25, -0.2) is 9.97 Å². The lowest BCUT2D eigenvalue weighted by Gasteiger charge is -2.15. The summed E-state index contributed by atoms with van der Waals surface area (Å²) in [4.78, 5) is 37.3. The molecule has 0 radical (unpaired) electrons. The van der Waals surface area contributed by atoms with Gasteiger partial charge in [0, 0.05) is 21.9 Å². The van der Waals surface area contributed by atoms with Gasteiger partial charge in [0.15, 0.2) is 0 Å². The average molecular weight is 571 g/mol. The Kier molecular flexibility index (Phi) is 7.06. The van der Waals surface area contributed by atoms with Crippen LogP contribution in [0.15, 0.2) is 146 Å². The second-order valence-corrected chi connectivity index (χ2v) is 10.3. The molecule has 6 heteroatoms. The van der Waals surface area contributed by atoms with Gasteiger partial charge >= 0.3 is 0 Å². The van der Waals surface area contributed by atoms with Crippen molar-refractivity contribution in [3.05, 3.63) is 157 Å². The number of hydrogen-bond acceptors (Lipinski definition) is 4. The van der Waals surface area contributed by atoms with E-state index in [4.69, 9.17) is 9.97 Å². The van der Waals surface area contributed by atoms with Gasteiger partial charge in [0.05, 0.1) is 44.9 Å². The second-order valence-electron chi connectivity index (χ2n) is 10.3. The Morgan fingerprint density at radius 3 is 1.23 bits per heavy atom. The van der Waals surface area contributed by atoms with Crippen molar-refractivity contribution >= 4 is 45.0 Å². The Morgan fingerprint density at radius 2 is 0.795 bits per heavy atom. The summed E-state index contributed by atoms with van der Waals surface area (Å²) < 4.78 is 0. The number of aromatic nitrogens is 2. The standard InChI is InChI=1S/C38H26N4O2/c43-37(29-23-35(25-13-3-1-4-14-25)39-31-19-9-7-17-27(29)31)41-33-21-11-12-22-34(33)42-38(44)30-24-36(26-15-5-2-6-16-26)40-32-20-10-8-18-28(30)32/h1-24H,(H,41,43)(H,42,44). The molecule has 0 saturated heterocycles.